The maximum atomic E-state index is 11.1. The van der Waals surface area contributed by atoms with Gasteiger partial charge in [0, 0.05) is 0 Å². The lowest BCUT2D eigenvalue weighted by atomic mass is 9.75. The highest BCUT2D eigenvalue weighted by molar-refractivity contribution is 5.74. The van der Waals surface area contributed by atoms with Gasteiger partial charge in [-0.2, -0.15) is 0 Å². The summed E-state index contributed by atoms with van der Waals surface area (Å²) in [4.78, 5) is 54.5. The molecule has 0 saturated carbocycles. The second-order valence-corrected chi connectivity index (χ2v) is 29.4. The van der Waals surface area contributed by atoms with Crippen molar-refractivity contribution < 1.29 is 63.7 Å². The van der Waals surface area contributed by atoms with E-state index in [1.165, 1.54) is 55.6 Å². The van der Waals surface area contributed by atoms with E-state index >= 15 is 0 Å². The van der Waals surface area contributed by atoms with Crippen molar-refractivity contribution in [1.29, 1.82) is 0 Å². The average Bonchev–Trinajstić information content (AvgIpc) is 1.22. The van der Waals surface area contributed by atoms with Crippen molar-refractivity contribution in [1.82, 2.24) is 0 Å². The third-order valence-electron chi connectivity index (χ3n) is 17.1. The fourth-order valence-corrected chi connectivity index (χ4v) is 11.8. The predicted molar refractivity (Wildman–Crippen MR) is 342 cm³/mol. The molecule has 0 aromatic heterocycles. The monoisotopic (exact) mass is 1190 g/mol. The number of aliphatic carboxylic acids is 5. The normalized spacial score (nSPS) is 19.4. The lowest BCUT2D eigenvalue weighted by molar-refractivity contribution is -0.146. The highest BCUT2D eigenvalue weighted by atomic mass is 16.5. The molecular formula is C74H98O13. The standard InChI is InChI=1S/2C15H20O3.2C15H20O2.C14H18O3/c1-15(2,3)11-5-7-13-10(8-11)4-6-12(18-13)9-14(16)17;1-15(2,3)12-6-4-5-10-7-8-11(9-13(16)17)18-14(10)12;1-15(2,3)13-7-6-10-4-5-11(14(16)17)8-12(10)9-13;1-15(2,3)13-6-4-5-10-7-8-11(14(16)17)9-12(10)13;1-14(2,3)10-5-7-11-9(8-10)4-6-12(17-11)13(15)16/h5,7-8,12H,4,6,9H2,1-3H3,(H,16,17);4-6,11H,7-9H2,1-3H3,(H,16,17);6-7,9,11H,4-5,8H2,1-3H3,(H,16,17);4-6,11H,7-9H2,1-3H3,(H,16,17);5,7-8,12H,4,6H2,1-3H3,(H,15,16). The first-order valence-electron chi connectivity index (χ1n) is 31.1. The van der Waals surface area contributed by atoms with Crippen LogP contribution in [0.3, 0.4) is 0 Å². The Bertz CT molecular complexity index is 3240. The fraction of sp³-hybridized carbons (Fsp3) is 0.527. The molecule has 0 spiro atoms. The number of para-hydroxylation sites is 1. The summed E-state index contributed by atoms with van der Waals surface area (Å²) in [6, 6.07) is 31.4. The average molecular weight is 1200 g/mol. The Morgan fingerprint density at radius 1 is 0.391 bits per heavy atom. The van der Waals surface area contributed by atoms with Crippen molar-refractivity contribution >= 4 is 29.8 Å². The molecule has 3 aliphatic heterocycles. The Labute approximate surface area is 517 Å². The maximum absolute atomic E-state index is 11.1. The molecule has 3 heterocycles. The number of ether oxygens (including phenoxy) is 3. The first-order chi connectivity index (χ1) is 40.4. The van der Waals surface area contributed by atoms with Crippen LogP contribution in [0.1, 0.15) is 216 Å². The van der Waals surface area contributed by atoms with Gasteiger partial charge in [-0.25, -0.2) is 4.79 Å². The third-order valence-corrected chi connectivity index (χ3v) is 17.1. The number of fused-ring (bicyclic) bond motifs is 5. The Morgan fingerprint density at radius 3 is 1.29 bits per heavy atom. The topological polar surface area (TPSA) is 214 Å². The second-order valence-electron chi connectivity index (χ2n) is 29.4. The third kappa shape index (κ3) is 19.4. The summed E-state index contributed by atoms with van der Waals surface area (Å²) in [7, 11) is 0. The zero-order valence-corrected chi connectivity index (χ0v) is 54.4. The molecule has 5 aromatic carbocycles. The van der Waals surface area contributed by atoms with Crippen LogP contribution in [0.25, 0.3) is 0 Å². The molecular weight excluding hydrogens is 1100 g/mol. The van der Waals surface area contributed by atoms with Gasteiger partial charge in [-0.15, -0.1) is 0 Å². The molecule has 5 N–H and O–H groups in total. The maximum Gasteiger partial charge on any atom is 0.344 e. The van der Waals surface area contributed by atoms with E-state index in [1.54, 1.807) is 0 Å². The summed E-state index contributed by atoms with van der Waals surface area (Å²) in [6.07, 6.45) is 8.52. The summed E-state index contributed by atoms with van der Waals surface area (Å²) < 4.78 is 17.1. The van der Waals surface area contributed by atoms with Gasteiger partial charge in [0.1, 0.15) is 29.5 Å². The molecule has 0 saturated heterocycles. The zero-order chi connectivity index (χ0) is 64.6. The van der Waals surface area contributed by atoms with Gasteiger partial charge in [-0.3, -0.25) is 19.2 Å². The molecule has 0 fully saturated rings. The van der Waals surface area contributed by atoms with Crippen LogP contribution < -0.4 is 14.2 Å². The molecule has 13 heteroatoms. The van der Waals surface area contributed by atoms with Crippen LogP contribution in [-0.2, 0) is 96.0 Å². The lowest BCUT2D eigenvalue weighted by Crippen LogP contribution is -2.31. The van der Waals surface area contributed by atoms with Gasteiger partial charge in [-0.1, -0.05) is 183 Å². The highest BCUT2D eigenvalue weighted by Gasteiger charge is 2.32. The summed E-state index contributed by atoms with van der Waals surface area (Å²) in [5.74, 6) is -1.71. The minimum atomic E-state index is -0.879. The second kappa shape index (κ2) is 28.3. The van der Waals surface area contributed by atoms with Crippen LogP contribution in [0.5, 0.6) is 17.2 Å². The van der Waals surface area contributed by atoms with Crippen LogP contribution in [0.2, 0.25) is 0 Å². The molecule has 5 aromatic rings. The van der Waals surface area contributed by atoms with E-state index in [4.69, 9.17) is 39.7 Å². The number of benzene rings is 5. The Hall–Kier alpha value is -7.15. The van der Waals surface area contributed by atoms with E-state index in [0.29, 0.717) is 19.3 Å². The minimum absolute atomic E-state index is 0.0104. The van der Waals surface area contributed by atoms with Gasteiger partial charge in [0.25, 0.3) is 0 Å². The Kier molecular flexibility index (Phi) is 22.5. The van der Waals surface area contributed by atoms with Crippen molar-refractivity contribution in [2.75, 3.05) is 0 Å². The van der Waals surface area contributed by atoms with Crippen LogP contribution >= 0.6 is 0 Å². The van der Waals surface area contributed by atoms with Crippen LogP contribution in [-0.4, -0.2) is 73.7 Å². The van der Waals surface area contributed by atoms with Crippen LogP contribution in [0, 0.1) is 11.8 Å². The minimum Gasteiger partial charge on any atom is -0.490 e. The Morgan fingerprint density at radius 2 is 0.805 bits per heavy atom. The van der Waals surface area contributed by atoms with E-state index in [9.17, 15) is 24.0 Å². The number of carboxylic acids is 5. The van der Waals surface area contributed by atoms with Crippen LogP contribution in [0.15, 0.2) is 91.0 Å². The smallest absolute Gasteiger partial charge is 0.344 e. The molecule has 472 valence electrons. The Balaban J connectivity index is 0.000000174. The number of hydrogen-bond acceptors (Lipinski definition) is 8. The molecule has 10 rings (SSSR count). The van der Waals surface area contributed by atoms with Crippen molar-refractivity contribution in [3.63, 3.8) is 0 Å². The van der Waals surface area contributed by atoms with Crippen LogP contribution in [0.4, 0.5) is 0 Å². The van der Waals surface area contributed by atoms with E-state index in [1.807, 2.05) is 18.2 Å². The molecule has 13 nitrogen and oxygen atoms in total. The van der Waals surface area contributed by atoms with Crippen molar-refractivity contribution in [2.24, 2.45) is 11.8 Å². The predicted octanol–water partition coefficient (Wildman–Crippen LogP) is 15.4. The molecule has 5 unspecified atom stereocenters. The van der Waals surface area contributed by atoms with Gasteiger partial charge < -0.3 is 39.7 Å². The van der Waals surface area contributed by atoms with Gasteiger partial charge in [0.2, 0.25) is 0 Å². The number of hydrogen-bond donors (Lipinski definition) is 5. The van der Waals surface area contributed by atoms with Gasteiger partial charge >= 0.3 is 29.8 Å². The van der Waals surface area contributed by atoms with E-state index in [0.717, 1.165) is 86.2 Å². The summed E-state index contributed by atoms with van der Waals surface area (Å²) in [5.41, 5.74) is 15.5. The SMILES string of the molecule is CC(C)(C)c1ccc2c(c1)CC(C(=O)O)CC2.CC(C)(C)c1ccc2c(c1)CCC(C(=O)O)O2.CC(C)(C)c1ccc2c(c1)CCC(CC(=O)O)O2.CC(C)(C)c1cccc2c1CC(C(=O)O)CC2.CC(C)(C)c1cccc2c1OC(CC(=O)O)CC2. The summed E-state index contributed by atoms with van der Waals surface area (Å²) in [6.45, 7) is 32.6. The van der Waals surface area contributed by atoms with Gasteiger partial charge in [0.15, 0.2) is 6.10 Å². The quantitative estimate of drug-likeness (QED) is 0.103. The first kappa shape index (κ1) is 69.0. The van der Waals surface area contributed by atoms with E-state index < -0.39 is 36.0 Å². The van der Waals surface area contributed by atoms with E-state index in [-0.39, 0.29) is 64.0 Å². The molecule has 0 radical (unpaired) electrons. The lowest BCUT2D eigenvalue weighted by Gasteiger charge is -2.31. The highest BCUT2D eigenvalue weighted by Crippen LogP contribution is 2.40. The zero-order valence-electron chi connectivity index (χ0n) is 54.4. The van der Waals surface area contributed by atoms with Crippen molar-refractivity contribution in [3.05, 3.63) is 158 Å². The number of rotatable bonds is 7. The first-order valence-corrected chi connectivity index (χ1v) is 31.1. The molecule has 2 aliphatic carbocycles. The summed E-state index contributed by atoms with van der Waals surface area (Å²) in [5, 5.41) is 44.8. The molecule has 5 aliphatic rings. The fourth-order valence-electron chi connectivity index (χ4n) is 11.8. The molecule has 0 bridgehead atoms. The number of carbonyl (C=O) groups is 5. The van der Waals surface area contributed by atoms with Gasteiger partial charge in [0.05, 0.1) is 24.7 Å². The molecule has 5 atom stereocenters. The number of carboxylic acid groups (broad SMARTS) is 5. The van der Waals surface area contributed by atoms with Gasteiger partial charge in [-0.05, 0) is 183 Å². The van der Waals surface area contributed by atoms with Crippen molar-refractivity contribution in [2.45, 2.75) is 239 Å². The number of aryl methyl sites for hydroxylation is 5. The molecule has 87 heavy (non-hydrogen) atoms. The van der Waals surface area contributed by atoms with Crippen molar-refractivity contribution in [3.8, 4) is 17.2 Å². The van der Waals surface area contributed by atoms with E-state index in [2.05, 4.69) is 177 Å². The molecule has 0 amide bonds. The summed E-state index contributed by atoms with van der Waals surface area (Å²) >= 11 is 0. The largest absolute Gasteiger partial charge is 0.490 e.